The maximum Gasteiger partial charge on any atom is 0.341 e. The van der Waals surface area contributed by atoms with Gasteiger partial charge in [0, 0.05) is 24.4 Å². The third-order valence-electron chi connectivity index (χ3n) is 2.92. The van der Waals surface area contributed by atoms with Crippen LogP contribution in [0, 0.1) is 0 Å². The predicted molar refractivity (Wildman–Crippen MR) is 78.8 cm³/mol. The molecule has 0 aliphatic rings. The van der Waals surface area contributed by atoms with E-state index in [1.54, 1.807) is 29.0 Å². The highest BCUT2D eigenvalue weighted by atomic mass is 35.5. The van der Waals surface area contributed by atoms with E-state index in [-0.39, 0.29) is 5.56 Å². The van der Waals surface area contributed by atoms with E-state index in [0.29, 0.717) is 27.8 Å². The molecule has 0 atom stereocenters. The predicted octanol–water partition coefficient (Wildman–Crippen LogP) is 3.54. The van der Waals surface area contributed by atoms with Gasteiger partial charge in [-0.25, -0.2) is 4.79 Å². The second kappa shape index (κ2) is 5.69. The van der Waals surface area contributed by atoms with Crippen molar-refractivity contribution in [2.75, 3.05) is 0 Å². The van der Waals surface area contributed by atoms with Crippen molar-refractivity contribution < 1.29 is 9.90 Å². The van der Waals surface area contributed by atoms with Gasteiger partial charge in [-0.2, -0.15) is 0 Å². The van der Waals surface area contributed by atoms with Crippen LogP contribution in [0.25, 0.3) is 11.3 Å². The maximum atomic E-state index is 11.8. The highest BCUT2D eigenvalue weighted by Crippen LogP contribution is 2.29. The van der Waals surface area contributed by atoms with Gasteiger partial charge in [-0.15, -0.1) is 0 Å². The van der Waals surface area contributed by atoms with Gasteiger partial charge in [0.2, 0.25) is 0 Å². The summed E-state index contributed by atoms with van der Waals surface area (Å²) in [7, 11) is 0. The Hall–Kier alpha value is -1.78. The van der Waals surface area contributed by atoms with Crippen molar-refractivity contribution in [2.45, 2.75) is 13.5 Å². The lowest BCUT2D eigenvalue weighted by Crippen LogP contribution is -2.20. The number of rotatable bonds is 3. The van der Waals surface area contributed by atoms with Gasteiger partial charge in [0.15, 0.2) is 5.43 Å². The van der Waals surface area contributed by atoms with Crippen LogP contribution in [-0.4, -0.2) is 15.6 Å². The van der Waals surface area contributed by atoms with E-state index in [9.17, 15) is 14.7 Å². The largest absolute Gasteiger partial charge is 0.477 e. The molecule has 2 rings (SSSR count). The molecule has 1 N–H and O–H groups in total. The fourth-order valence-electron chi connectivity index (χ4n) is 2.00. The van der Waals surface area contributed by atoms with Crippen molar-refractivity contribution in [2.24, 2.45) is 0 Å². The number of aryl methyl sites for hydroxylation is 1. The molecule has 20 heavy (non-hydrogen) atoms. The van der Waals surface area contributed by atoms with Crippen LogP contribution in [0.1, 0.15) is 17.3 Å². The van der Waals surface area contributed by atoms with Crippen LogP contribution in [0.3, 0.4) is 0 Å². The van der Waals surface area contributed by atoms with Crippen LogP contribution < -0.4 is 5.43 Å². The number of carboxylic acids is 1. The first-order chi connectivity index (χ1) is 9.45. The summed E-state index contributed by atoms with van der Waals surface area (Å²) in [6.07, 6.45) is 1.56. The Morgan fingerprint density at radius 1 is 1.25 bits per heavy atom. The molecule has 0 amide bonds. The molecule has 0 unspecified atom stereocenters. The highest BCUT2D eigenvalue weighted by molar-refractivity contribution is 6.42. The molecule has 0 spiro atoms. The topological polar surface area (TPSA) is 59.3 Å². The van der Waals surface area contributed by atoms with Crippen molar-refractivity contribution in [3.8, 4) is 11.3 Å². The molecule has 0 aliphatic heterocycles. The minimum atomic E-state index is -1.26. The molecule has 0 fully saturated rings. The number of hydrogen-bond acceptors (Lipinski definition) is 2. The third-order valence-corrected chi connectivity index (χ3v) is 3.66. The highest BCUT2D eigenvalue weighted by Gasteiger charge is 2.19. The molecular weight excluding hydrogens is 301 g/mol. The van der Waals surface area contributed by atoms with E-state index < -0.39 is 11.4 Å². The first-order valence-corrected chi connectivity index (χ1v) is 6.63. The van der Waals surface area contributed by atoms with Gasteiger partial charge in [-0.1, -0.05) is 29.3 Å². The van der Waals surface area contributed by atoms with E-state index in [1.807, 2.05) is 6.92 Å². The Morgan fingerprint density at radius 2 is 1.95 bits per heavy atom. The minimum Gasteiger partial charge on any atom is -0.477 e. The number of halogens is 2. The van der Waals surface area contributed by atoms with Gasteiger partial charge in [0.25, 0.3) is 0 Å². The fraction of sp³-hybridized carbons (Fsp3) is 0.143. The Kier molecular flexibility index (Phi) is 4.16. The van der Waals surface area contributed by atoms with Crippen molar-refractivity contribution in [1.29, 1.82) is 0 Å². The van der Waals surface area contributed by atoms with E-state index in [2.05, 4.69) is 0 Å². The van der Waals surface area contributed by atoms with Gasteiger partial charge in [0.05, 0.1) is 15.7 Å². The molecule has 1 heterocycles. The number of pyridine rings is 1. The number of aromatic carboxylic acids is 1. The van der Waals surface area contributed by atoms with Gasteiger partial charge in [0.1, 0.15) is 5.56 Å². The van der Waals surface area contributed by atoms with E-state index >= 15 is 0 Å². The first-order valence-electron chi connectivity index (χ1n) is 5.88. The van der Waals surface area contributed by atoms with Gasteiger partial charge in [-0.05, 0) is 19.1 Å². The van der Waals surface area contributed by atoms with Crippen molar-refractivity contribution in [1.82, 2.24) is 4.57 Å². The van der Waals surface area contributed by atoms with E-state index in [4.69, 9.17) is 23.2 Å². The Balaban J connectivity index is 2.83. The lowest BCUT2D eigenvalue weighted by Gasteiger charge is -2.14. The molecule has 0 saturated carbocycles. The molecule has 1 aromatic heterocycles. The van der Waals surface area contributed by atoms with Gasteiger partial charge in [-0.3, -0.25) is 4.79 Å². The molecule has 0 bridgehead atoms. The summed E-state index contributed by atoms with van der Waals surface area (Å²) >= 11 is 11.8. The van der Waals surface area contributed by atoms with Crippen molar-refractivity contribution in [3.63, 3.8) is 0 Å². The van der Waals surface area contributed by atoms with Gasteiger partial charge < -0.3 is 9.67 Å². The Bertz CT molecular complexity index is 738. The van der Waals surface area contributed by atoms with Crippen LogP contribution in [0.15, 0.2) is 35.3 Å². The minimum absolute atomic E-state index is 0.271. The monoisotopic (exact) mass is 311 g/mol. The summed E-state index contributed by atoms with van der Waals surface area (Å²) in [5.74, 6) is -1.26. The molecule has 4 nitrogen and oxygen atoms in total. The summed E-state index contributed by atoms with van der Waals surface area (Å²) in [5, 5.41) is 9.95. The fourth-order valence-corrected chi connectivity index (χ4v) is 2.30. The molecule has 6 heteroatoms. The molecular formula is C14H11Cl2NO3. The van der Waals surface area contributed by atoms with Crippen molar-refractivity contribution in [3.05, 3.63) is 56.3 Å². The van der Waals surface area contributed by atoms with E-state index in [0.717, 1.165) is 0 Å². The summed E-state index contributed by atoms with van der Waals surface area (Å²) in [4.78, 5) is 23.2. The van der Waals surface area contributed by atoms with Gasteiger partial charge >= 0.3 is 5.97 Å². The molecule has 104 valence electrons. The quantitative estimate of drug-likeness (QED) is 0.943. The maximum absolute atomic E-state index is 11.8. The first kappa shape index (κ1) is 14.6. The number of carbonyl (C=O) groups is 1. The van der Waals surface area contributed by atoms with Crippen LogP contribution in [0.2, 0.25) is 10.0 Å². The molecule has 2 aromatic rings. The Labute approximate surface area is 125 Å². The lowest BCUT2D eigenvalue weighted by molar-refractivity contribution is 0.0695. The second-order valence-corrected chi connectivity index (χ2v) is 4.94. The second-order valence-electron chi connectivity index (χ2n) is 4.12. The number of hydrogen-bond donors (Lipinski definition) is 1. The zero-order valence-electron chi connectivity index (χ0n) is 10.6. The number of benzene rings is 1. The standard InChI is InChI=1S/C14H11Cl2NO3/c1-2-17-6-5-11(18)12(14(19)20)13(17)8-3-4-9(15)10(16)7-8/h3-7H,2H2,1H3,(H,19,20). The summed E-state index contributed by atoms with van der Waals surface area (Å²) in [5.41, 5.74) is 0.0541. The number of aromatic nitrogens is 1. The number of nitrogens with zero attached hydrogens (tertiary/aromatic N) is 1. The summed E-state index contributed by atoms with van der Waals surface area (Å²) < 4.78 is 1.68. The average molecular weight is 312 g/mol. The molecule has 1 aromatic carbocycles. The summed E-state index contributed by atoms with van der Waals surface area (Å²) in [6.45, 7) is 2.38. The van der Waals surface area contributed by atoms with Crippen LogP contribution in [0.4, 0.5) is 0 Å². The van der Waals surface area contributed by atoms with E-state index in [1.165, 1.54) is 6.07 Å². The lowest BCUT2D eigenvalue weighted by atomic mass is 10.0. The van der Waals surface area contributed by atoms with Crippen molar-refractivity contribution >= 4 is 29.2 Å². The molecule has 0 saturated heterocycles. The SMILES string of the molecule is CCn1ccc(=O)c(C(=O)O)c1-c1ccc(Cl)c(Cl)c1. The van der Waals surface area contributed by atoms with Crippen LogP contribution in [0.5, 0.6) is 0 Å². The zero-order valence-corrected chi connectivity index (χ0v) is 12.1. The van der Waals surface area contributed by atoms with Crippen LogP contribution in [-0.2, 0) is 6.54 Å². The molecule has 0 aliphatic carbocycles. The Morgan fingerprint density at radius 3 is 2.50 bits per heavy atom. The summed E-state index contributed by atoms with van der Waals surface area (Å²) in [6, 6.07) is 6.01. The normalized spacial score (nSPS) is 10.6. The molecule has 0 radical (unpaired) electrons. The average Bonchev–Trinajstić information content (AvgIpc) is 2.41. The zero-order chi connectivity index (χ0) is 14.9. The third kappa shape index (κ3) is 2.57. The smallest absolute Gasteiger partial charge is 0.341 e. The number of carboxylic acid groups (broad SMARTS) is 1. The van der Waals surface area contributed by atoms with Crippen LogP contribution >= 0.6 is 23.2 Å².